The van der Waals surface area contributed by atoms with Gasteiger partial charge in [0, 0.05) is 19.7 Å². The highest BCUT2D eigenvalue weighted by atomic mass is 19.1. The van der Waals surface area contributed by atoms with Crippen LogP contribution in [0.4, 0.5) is 14.5 Å². The molecule has 0 saturated heterocycles. The SMILES string of the molecule is CNc1c(F)cc(C(=O)N(C)Cc2ncn[nH]2)cc1F. The van der Waals surface area contributed by atoms with Gasteiger partial charge in [-0.1, -0.05) is 0 Å². The molecule has 0 bridgehead atoms. The predicted octanol–water partition coefficient (Wildman–Crippen LogP) is 1.40. The van der Waals surface area contributed by atoms with Gasteiger partial charge in [-0.2, -0.15) is 5.10 Å². The average molecular weight is 281 g/mol. The zero-order valence-corrected chi connectivity index (χ0v) is 10.9. The molecule has 20 heavy (non-hydrogen) atoms. The van der Waals surface area contributed by atoms with Crippen LogP contribution in [0.3, 0.4) is 0 Å². The van der Waals surface area contributed by atoms with Crippen molar-refractivity contribution in [2.24, 2.45) is 0 Å². The normalized spacial score (nSPS) is 10.4. The van der Waals surface area contributed by atoms with Crippen LogP contribution >= 0.6 is 0 Å². The van der Waals surface area contributed by atoms with Crippen molar-refractivity contribution < 1.29 is 13.6 Å². The lowest BCUT2D eigenvalue weighted by Gasteiger charge is -2.16. The van der Waals surface area contributed by atoms with E-state index in [-0.39, 0.29) is 17.8 Å². The molecule has 0 aliphatic rings. The maximum Gasteiger partial charge on any atom is 0.254 e. The lowest BCUT2D eigenvalue weighted by atomic mass is 10.1. The molecule has 106 valence electrons. The van der Waals surface area contributed by atoms with Crippen molar-refractivity contribution in [3.8, 4) is 0 Å². The number of hydrogen-bond donors (Lipinski definition) is 2. The van der Waals surface area contributed by atoms with Gasteiger partial charge in [-0.05, 0) is 12.1 Å². The molecule has 1 aromatic carbocycles. The highest BCUT2D eigenvalue weighted by Gasteiger charge is 2.18. The van der Waals surface area contributed by atoms with Crippen molar-refractivity contribution in [2.45, 2.75) is 6.54 Å². The topological polar surface area (TPSA) is 73.9 Å². The van der Waals surface area contributed by atoms with E-state index < -0.39 is 17.5 Å². The molecule has 1 aromatic heterocycles. The van der Waals surface area contributed by atoms with Gasteiger partial charge in [-0.25, -0.2) is 13.8 Å². The monoisotopic (exact) mass is 281 g/mol. The third-order valence-electron chi connectivity index (χ3n) is 2.74. The largest absolute Gasteiger partial charge is 0.383 e. The Morgan fingerprint density at radius 3 is 2.55 bits per heavy atom. The first-order chi connectivity index (χ1) is 9.52. The van der Waals surface area contributed by atoms with Crippen molar-refractivity contribution in [3.05, 3.63) is 41.5 Å². The maximum absolute atomic E-state index is 13.6. The Kier molecular flexibility index (Phi) is 3.92. The molecule has 1 amide bonds. The number of benzene rings is 1. The van der Waals surface area contributed by atoms with E-state index in [1.807, 2.05) is 0 Å². The van der Waals surface area contributed by atoms with Crippen LogP contribution in [0.5, 0.6) is 0 Å². The number of carbonyl (C=O) groups is 1. The molecule has 1 heterocycles. The first-order valence-corrected chi connectivity index (χ1v) is 5.79. The van der Waals surface area contributed by atoms with Crippen LogP contribution in [-0.2, 0) is 6.54 Å². The van der Waals surface area contributed by atoms with Gasteiger partial charge in [0.1, 0.15) is 29.5 Å². The number of amides is 1. The van der Waals surface area contributed by atoms with E-state index in [9.17, 15) is 13.6 Å². The quantitative estimate of drug-likeness (QED) is 0.888. The third-order valence-corrected chi connectivity index (χ3v) is 2.74. The summed E-state index contributed by atoms with van der Waals surface area (Å²) in [5.74, 6) is -1.66. The predicted molar refractivity (Wildman–Crippen MR) is 68.1 cm³/mol. The fourth-order valence-electron chi connectivity index (χ4n) is 1.76. The van der Waals surface area contributed by atoms with E-state index in [0.29, 0.717) is 5.82 Å². The van der Waals surface area contributed by atoms with Crippen molar-refractivity contribution in [3.63, 3.8) is 0 Å². The van der Waals surface area contributed by atoms with Gasteiger partial charge >= 0.3 is 0 Å². The molecule has 0 aliphatic heterocycles. The lowest BCUT2D eigenvalue weighted by molar-refractivity contribution is 0.0780. The maximum atomic E-state index is 13.6. The molecule has 2 rings (SSSR count). The van der Waals surface area contributed by atoms with Crippen LogP contribution in [0, 0.1) is 11.6 Å². The highest BCUT2D eigenvalue weighted by molar-refractivity contribution is 5.94. The first-order valence-electron chi connectivity index (χ1n) is 5.79. The van der Waals surface area contributed by atoms with E-state index in [4.69, 9.17) is 0 Å². The van der Waals surface area contributed by atoms with Gasteiger partial charge in [-0.3, -0.25) is 9.89 Å². The zero-order chi connectivity index (χ0) is 14.7. The molecule has 6 nitrogen and oxygen atoms in total. The van der Waals surface area contributed by atoms with Crippen molar-refractivity contribution in [2.75, 3.05) is 19.4 Å². The summed E-state index contributed by atoms with van der Waals surface area (Å²) >= 11 is 0. The molecular weight excluding hydrogens is 268 g/mol. The fourth-order valence-corrected chi connectivity index (χ4v) is 1.76. The van der Waals surface area contributed by atoms with Crippen LogP contribution in [0.2, 0.25) is 0 Å². The number of halogens is 2. The van der Waals surface area contributed by atoms with Crippen LogP contribution in [0.1, 0.15) is 16.2 Å². The molecular formula is C12H13F2N5O. The molecule has 0 unspecified atom stereocenters. The number of nitrogens with one attached hydrogen (secondary N) is 2. The van der Waals surface area contributed by atoms with Gasteiger partial charge < -0.3 is 10.2 Å². The van der Waals surface area contributed by atoms with Crippen LogP contribution in [0.15, 0.2) is 18.5 Å². The van der Waals surface area contributed by atoms with E-state index in [1.54, 1.807) is 0 Å². The lowest BCUT2D eigenvalue weighted by Crippen LogP contribution is -2.27. The first kappa shape index (κ1) is 13.9. The standard InChI is InChI=1S/C12H13F2N5O/c1-15-11-8(13)3-7(4-9(11)14)12(20)19(2)5-10-16-6-17-18-10/h3-4,6,15H,5H2,1-2H3,(H,16,17,18). The van der Waals surface area contributed by atoms with Gasteiger partial charge in [-0.15, -0.1) is 0 Å². The molecule has 0 atom stereocenters. The van der Waals surface area contributed by atoms with Crippen molar-refractivity contribution in [1.29, 1.82) is 0 Å². The third kappa shape index (κ3) is 2.73. The smallest absolute Gasteiger partial charge is 0.254 e. The number of carbonyl (C=O) groups excluding carboxylic acids is 1. The Labute approximate surface area is 113 Å². The number of aromatic amines is 1. The second kappa shape index (κ2) is 5.64. The number of hydrogen-bond acceptors (Lipinski definition) is 4. The Morgan fingerprint density at radius 1 is 1.40 bits per heavy atom. The van der Waals surface area contributed by atoms with Gasteiger partial charge in [0.2, 0.25) is 0 Å². The fraction of sp³-hybridized carbons (Fsp3) is 0.250. The van der Waals surface area contributed by atoms with Gasteiger partial charge in [0.15, 0.2) is 0 Å². The Morgan fingerprint density at radius 2 is 2.05 bits per heavy atom. The summed E-state index contributed by atoms with van der Waals surface area (Å²) in [6.45, 7) is 0.163. The van der Waals surface area contributed by atoms with E-state index >= 15 is 0 Å². The van der Waals surface area contributed by atoms with Crippen LogP contribution in [0.25, 0.3) is 0 Å². The molecule has 0 aliphatic carbocycles. The zero-order valence-electron chi connectivity index (χ0n) is 10.9. The summed E-state index contributed by atoms with van der Waals surface area (Å²) in [4.78, 5) is 17.2. The summed E-state index contributed by atoms with van der Waals surface area (Å²) in [5, 5.41) is 8.66. The highest BCUT2D eigenvalue weighted by Crippen LogP contribution is 2.21. The van der Waals surface area contributed by atoms with E-state index in [1.165, 1.54) is 25.3 Å². The molecule has 0 saturated carbocycles. The molecule has 0 radical (unpaired) electrons. The number of nitrogens with zero attached hydrogens (tertiary/aromatic N) is 3. The van der Waals surface area contributed by atoms with E-state index in [2.05, 4.69) is 20.5 Å². The summed E-state index contributed by atoms with van der Waals surface area (Å²) in [6, 6.07) is 1.99. The number of anilines is 1. The Balaban J connectivity index is 2.20. The van der Waals surface area contributed by atoms with Crippen LogP contribution < -0.4 is 5.32 Å². The van der Waals surface area contributed by atoms with Gasteiger partial charge in [0.05, 0.1) is 6.54 Å². The Hall–Kier alpha value is -2.51. The summed E-state index contributed by atoms with van der Waals surface area (Å²) < 4.78 is 27.2. The number of rotatable bonds is 4. The van der Waals surface area contributed by atoms with Crippen molar-refractivity contribution in [1.82, 2.24) is 20.1 Å². The summed E-state index contributed by atoms with van der Waals surface area (Å²) in [5.41, 5.74) is -0.333. The molecule has 0 fully saturated rings. The molecule has 2 N–H and O–H groups in total. The number of aromatic nitrogens is 3. The summed E-state index contributed by atoms with van der Waals surface area (Å²) in [7, 11) is 2.91. The second-order valence-corrected chi connectivity index (χ2v) is 4.16. The second-order valence-electron chi connectivity index (χ2n) is 4.16. The molecule has 0 spiro atoms. The number of H-pyrrole nitrogens is 1. The van der Waals surface area contributed by atoms with E-state index in [0.717, 1.165) is 12.1 Å². The Bertz CT molecular complexity index is 591. The summed E-state index contributed by atoms with van der Waals surface area (Å²) in [6.07, 6.45) is 1.31. The minimum atomic E-state index is -0.816. The van der Waals surface area contributed by atoms with Crippen molar-refractivity contribution >= 4 is 11.6 Å². The molecule has 8 heteroatoms. The average Bonchev–Trinajstić information content (AvgIpc) is 2.90. The molecule has 2 aromatic rings. The van der Waals surface area contributed by atoms with Gasteiger partial charge in [0.25, 0.3) is 5.91 Å². The minimum absolute atomic E-state index is 0.0685. The minimum Gasteiger partial charge on any atom is -0.383 e. The van der Waals surface area contributed by atoms with Crippen LogP contribution in [-0.4, -0.2) is 40.1 Å².